The van der Waals surface area contributed by atoms with Gasteiger partial charge < -0.3 is 9.15 Å². The lowest BCUT2D eigenvalue weighted by Gasteiger charge is -2.29. The highest BCUT2D eigenvalue weighted by molar-refractivity contribution is 5.85. The highest BCUT2D eigenvalue weighted by Gasteiger charge is 2.22. The minimum Gasteiger partial charge on any atom is -0.478 e. The summed E-state index contributed by atoms with van der Waals surface area (Å²) in [5.41, 5.74) is 3.69. The van der Waals surface area contributed by atoms with Crippen LogP contribution in [0.4, 0.5) is 0 Å². The minimum absolute atomic E-state index is 0.292. The molecule has 0 N–H and O–H groups in total. The molecule has 0 fully saturated rings. The predicted octanol–water partition coefficient (Wildman–Crippen LogP) is 3.75. The molecule has 0 amide bonds. The number of rotatable bonds is 4. The Hall–Kier alpha value is -2.59. The van der Waals surface area contributed by atoms with Crippen molar-refractivity contribution >= 4 is 11.0 Å². The Bertz CT molecular complexity index is 947. The third-order valence-corrected chi connectivity index (χ3v) is 4.78. The Balaban J connectivity index is 1.63. The summed E-state index contributed by atoms with van der Waals surface area (Å²) in [6.45, 7) is 4.24. The van der Waals surface area contributed by atoms with Gasteiger partial charge in [-0.1, -0.05) is 37.3 Å². The number of hydrogen-bond donors (Lipinski definition) is 0. The van der Waals surface area contributed by atoms with E-state index in [0.29, 0.717) is 12.3 Å². The van der Waals surface area contributed by atoms with Crippen molar-refractivity contribution in [3.05, 3.63) is 75.6 Å². The van der Waals surface area contributed by atoms with Crippen molar-refractivity contribution in [3.63, 3.8) is 0 Å². The number of hydrogen-bond acceptors (Lipinski definition) is 4. The summed E-state index contributed by atoms with van der Waals surface area (Å²) in [5.74, 6) is 0.819. The van der Waals surface area contributed by atoms with Crippen LogP contribution in [0.25, 0.3) is 11.0 Å². The number of nitrogens with zero attached hydrogens (tertiary/aromatic N) is 1. The second kappa shape index (κ2) is 6.73. The Morgan fingerprint density at radius 2 is 1.96 bits per heavy atom. The van der Waals surface area contributed by atoms with Crippen LogP contribution in [0.3, 0.4) is 0 Å². The first kappa shape index (κ1) is 15.9. The first-order valence-electron chi connectivity index (χ1n) is 8.72. The summed E-state index contributed by atoms with van der Waals surface area (Å²) < 4.78 is 11.5. The van der Waals surface area contributed by atoms with Gasteiger partial charge in [0, 0.05) is 24.5 Å². The van der Waals surface area contributed by atoms with Gasteiger partial charge >= 0.3 is 5.63 Å². The van der Waals surface area contributed by atoms with Crippen LogP contribution >= 0.6 is 0 Å². The molecule has 0 aliphatic carbocycles. The molecule has 1 aliphatic heterocycles. The molecule has 2 heterocycles. The summed E-state index contributed by atoms with van der Waals surface area (Å²) >= 11 is 0. The van der Waals surface area contributed by atoms with Crippen molar-refractivity contribution in [1.29, 1.82) is 0 Å². The van der Waals surface area contributed by atoms with Crippen LogP contribution in [0.1, 0.15) is 23.6 Å². The van der Waals surface area contributed by atoms with E-state index in [1.165, 1.54) is 5.56 Å². The van der Waals surface area contributed by atoms with E-state index >= 15 is 0 Å². The average Bonchev–Trinajstić information content (AvgIpc) is 2.66. The predicted molar refractivity (Wildman–Crippen MR) is 97.9 cm³/mol. The summed E-state index contributed by atoms with van der Waals surface area (Å²) in [7, 11) is 0. The molecule has 1 aromatic heterocycles. The SMILES string of the molecule is CCc1cc(=O)oc2c3c(ccc12)OCN(CCc1ccccc1)C3. The zero-order chi connectivity index (χ0) is 17.2. The molecule has 1 aliphatic rings. The summed E-state index contributed by atoms with van der Waals surface area (Å²) in [6, 6.07) is 16.0. The minimum atomic E-state index is -0.292. The van der Waals surface area contributed by atoms with Gasteiger partial charge in [0.1, 0.15) is 18.1 Å². The van der Waals surface area contributed by atoms with Crippen LogP contribution < -0.4 is 10.4 Å². The first-order chi connectivity index (χ1) is 12.2. The second-order valence-corrected chi connectivity index (χ2v) is 6.42. The van der Waals surface area contributed by atoms with Crippen LogP contribution in [0.2, 0.25) is 0 Å². The molecule has 0 radical (unpaired) electrons. The van der Waals surface area contributed by atoms with Crippen molar-refractivity contribution < 1.29 is 9.15 Å². The van der Waals surface area contributed by atoms with Gasteiger partial charge in [-0.05, 0) is 36.1 Å². The van der Waals surface area contributed by atoms with Gasteiger partial charge in [0.25, 0.3) is 0 Å². The van der Waals surface area contributed by atoms with E-state index in [0.717, 1.165) is 48.2 Å². The van der Waals surface area contributed by atoms with E-state index in [9.17, 15) is 4.79 Å². The smallest absolute Gasteiger partial charge is 0.336 e. The van der Waals surface area contributed by atoms with Crippen molar-refractivity contribution in [2.75, 3.05) is 13.3 Å². The number of ether oxygens (including phenoxy) is 1. The second-order valence-electron chi connectivity index (χ2n) is 6.42. The highest BCUT2D eigenvalue weighted by atomic mass is 16.5. The summed E-state index contributed by atoms with van der Waals surface area (Å²) in [5, 5.41) is 1.01. The van der Waals surface area contributed by atoms with Gasteiger partial charge in [0.2, 0.25) is 0 Å². The van der Waals surface area contributed by atoms with Crippen LogP contribution in [0.5, 0.6) is 5.75 Å². The Kier molecular flexibility index (Phi) is 4.28. The zero-order valence-corrected chi connectivity index (χ0v) is 14.3. The van der Waals surface area contributed by atoms with E-state index in [-0.39, 0.29) is 5.63 Å². The van der Waals surface area contributed by atoms with E-state index < -0.39 is 0 Å². The highest BCUT2D eigenvalue weighted by Crippen LogP contribution is 2.33. The van der Waals surface area contributed by atoms with Gasteiger partial charge in [-0.15, -0.1) is 0 Å². The summed E-state index contributed by atoms with van der Waals surface area (Å²) in [6.07, 6.45) is 1.77. The molecule has 0 saturated heterocycles. The molecule has 0 unspecified atom stereocenters. The molecule has 128 valence electrons. The molecule has 2 aromatic carbocycles. The van der Waals surface area contributed by atoms with Crippen LogP contribution in [0, 0.1) is 0 Å². The fourth-order valence-electron chi connectivity index (χ4n) is 3.41. The van der Waals surface area contributed by atoms with Gasteiger partial charge in [-0.2, -0.15) is 0 Å². The number of fused-ring (bicyclic) bond motifs is 3. The monoisotopic (exact) mass is 335 g/mol. The molecule has 0 spiro atoms. The fourth-order valence-corrected chi connectivity index (χ4v) is 3.41. The topological polar surface area (TPSA) is 42.7 Å². The maximum absolute atomic E-state index is 11.9. The molecule has 3 aromatic rings. The lowest BCUT2D eigenvalue weighted by molar-refractivity contribution is 0.0968. The molecular formula is C21H21NO3. The molecule has 0 bridgehead atoms. The van der Waals surface area contributed by atoms with E-state index in [1.807, 2.05) is 18.2 Å². The lowest BCUT2D eigenvalue weighted by atomic mass is 10.0. The van der Waals surface area contributed by atoms with Gasteiger partial charge in [0.05, 0.1) is 5.56 Å². The van der Waals surface area contributed by atoms with Crippen molar-refractivity contribution in [3.8, 4) is 5.75 Å². The average molecular weight is 335 g/mol. The van der Waals surface area contributed by atoms with Crippen molar-refractivity contribution in [1.82, 2.24) is 4.90 Å². The van der Waals surface area contributed by atoms with Gasteiger partial charge in [-0.3, -0.25) is 4.90 Å². The first-order valence-corrected chi connectivity index (χ1v) is 8.72. The third kappa shape index (κ3) is 3.17. The molecule has 0 saturated carbocycles. The van der Waals surface area contributed by atoms with E-state index in [2.05, 4.69) is 36.1 Å². The standard InChI is InChI=1S/C21H21NO3/c1-2-16-12-20(23)25-21-17(16)8-9-19-18(21)13-22(14-24-19)11-10-15-6-4-3-5-7-15/h3-9,12H,2,10-11,13-14H2,1H3. The fraction of sp³-hybridized carbons (Fsp3) is 0.286. The molecule has 4 nitrogen and oxygen atoms in total. The maximum atomic E-state index is 11.9. The maximum Gasteiger partial charge on any atom is 0.336 e. The Morgan fingerprint density at radius 1 is 1.12 bits per heavy atom. The third-order valence-electron chi connectivity index (χ3n) is 4.78. The zero-order valence-electron chi connectivity index (χ0n) is 14.3. The van der Waals surface area contributed by atoms with E-state index in [4.69, 9.17) is 9.15 Å². The Labute approximate surface area is 146 Å². The molecule has 4 rings (SSSR count). The molecule has 25 heavy (non-hydrogen) atoms. The quantitative estimate of drug-likeness (QED) is 0.681. The normalized spacial score (nSPS) is 14.3. The molecule has 4 heteroatoms. The van der Waals surface area contributed by atoms with Crippen molar-refractivity contribution in [2.24, 2.45) is 0 Å². The van der Waals surface area contributed by atoms with Gasteiger partial charge in [-0.25, -0.2) is 4.79 Å². The van der Waals surface area contributed by atoms with Crippen LogP contribution in [-0.4, -0.2) is 18.2 Å². The van der Waals surface area contributed by atoms with Gasteiger partial charge in [0.15, 0.2) is 0 Å². The van der Waals surface area contributed by atoms with Crippen molar-refractivity contribution in [2.45, 2.75) is 26.3 Å². The largest absolute Gasteiger partial charge is 0.478 e. The Morgan fingerprint density at radius 3 is 2.76 bits per heavy atom. The molecule has 0 atom stereocenters. The number of benzene rings is 2. The lowest BCUT2D eigenvalue weighted by Crippen LogP contribution is -2.33. The van der Waals surface area contributed by atoms with Crippen LogP contribution in [0.15, 0.2) is 57.7 Å². The van der Waals surface area contributed by atoms with E-state index in [1.54, 1.807) is 6.07 Å². The number of aryl methyl sites for hydroxylation is 1. The van der Waals surface area contributed by atoms with Crippen LogP contribution in [-0.2, 0) is 19.4 Å². The summed E-state index contributed by atoms with van der Waals surface area (Å²) in [4.78, 5) is 14.2. The molecular weight excluding hydrogens is 314 g/mol.